The van der Waals surface area contributed by atoms with Crippen LogP contribution in [0.25, 0.3) is 17.0 Å². The second kappa shape index (κ2) is 15.7. The number of halogens is 1. The lowest BCUT2D eigenvalue weighted by Crippen LogP contribution is -2.55. The van der Waals surface area contributed by atoms with Crippen LogP contribution in [0.1, 0.15) is 46.3 Å². The molecule has 0 saturated heterocycles. The third-order valence-electron chi connectivity index (χ3n) is 5.42. The minimum absolute atomic E-state index is 0.0208. The Morgan fingerprint density at radius 3 is 2.41 bits per heavy atom. The van der Waals surface area contributed by atoms with E-state index in [9.17, 15) is 24.0 Å². The first kappa shape index (κ1) is 31.5. The molecule has 2 rings (SSSR count). The number of carbonyl (C=O) groups excluding carboxylic acids is 5. The molecule has 0 aliphatic rings. The first-order valence-corrected chi connectivity index (χ1v) is 13.4. The van der Waals surface area contributed by atoms with Gasteiger partial charge in [0.25, 0.3) is 0 Å². The minimum atomic E-state index is -1.09. The van der Waals surface area contributed by atoms with Gasteiger partial charge in [-0.25, -0.2) is 4.79 Å². The van der Waals surface area contributed by atoms with Crippen LogP contribution in [0.2, 0.25) is 0 Å². The monoisotopic (exact) mass is 607 g/mol. The highest BCUT2D eigenvalue weighted by Crippen LogP contribution is 2.23. The Morgan fingerprint density at radius 2 is 1.74 bits per heavy atom. The van der Waals surface area contributed by atoms with Crippen LogP contribution in [0.15, 0.2) is 39.2 Å². The Balaban J connectivity index is 1.92. The Hall–Kier alpha value is -3.67. The van der Waals surface area contributed by atoms with Gasteiger partial charge in [0.1, 0.15) is 23.4 Å². The molecule has 3 amide bonds. The number of furan rings is 1. The molecule has 0 saturated carbocycles. The second-order valence-corrected chi connectivity index (χ2v) is 9.74. The fourth-order valence-electron chi connectivity index (χ4n) is 3.51. The third kappa shape index (κ3) is 10.5. The summed E-state index contributed by atoms with van der Waals surface area (Å²) in [5, 5.41) is 8.45. The topological polar surface area (TPSA) is 153 Å². The number of esters is 2. The van der Waals surface area contributed by atoms with Crippen LogP contribution in [-0.4, -0.2) is 61.5 Å². The molecule has 0 aliphatic carbocycles. The molecule has 2 atom stereocenters. The molecule has 1 aromatic carbocycles. The Labute approximate surface area is 235 Å². The molecular weight excluding hydrogens is 574 g/mol. The highest BCUT2D eigenvalue weighted by Gasteiger charge is 2.30. The van der Waals surface area contributed by atoms with Crippen LogP contribution < -0.4 is 16.0 Å². The van der Waals surface area contributed by atoms with E-state index in [0.717, 1.165) is 9.86 Å². The summed E-state index contributed by atoms with van der Waals surface area (Å²) in [7, 11) is 0. The summed E-state index contributed by atoms with van der Waals surface area (Å²) in [6, 6.07) is 5.22. The van der Waals surface area contributed by atoms with Gasteiger partial charge in [0.05, 0.1) is 19.8 Å². The SMILES string of the molecule is CCOC(=O)CC[C@@H](NC(=O)[C@@H](NC(=O)CNC(=O)/C=C/c1cc2cc(Br)ccc2o1)C(C)C)C(=O)OCC. The molecule has 212 valence electrons. The zero-order chi connectivity index (χ0) is 28.9. The number of benzene rings is 1. The van der Waals surface area contributed by atoms with E-state index in [0.29, 0.717) is 11.3 Å². The van der Waals surface area contributed by atoms with Crippen LogP contribution >= 0.6 is 15.9 Å². The smallest absolute Gasteiger partial charge is 0.328 e. The van der Waals surface area contributed by atoms with E-state index in [-0.39, 0.29) is 38.5 Å². The number of carbonyl (C=O) groups is 5. The van der Waals surface area contributed by atoms with Gasteiger partial charge >= 0.3 is 11.9 Å². The van der Waals surface area contributed by atoms with Gasteiger partial charge in [-0.1, -0.05) is 29.8 Å². The van der Waals surface area contributed by atoms with Crippen molar-refractivity contribution in [3.05, 3.63) is 40.6 Å². The fraction of sp³-hybridized carbons (Fsp3) is 0.444. The third-order valence-corrected chi connectivity index (χ3v) is 5.91. The van der Waals surface area contributed by atoms with Crippen molar-refractivity contribution in [3.63, 3.8) is 0 Å². The number of hydrogen-bond acceptors (Lipinski definition) is 8. The molecule has 0 radical (unpaired) electrons. The fourth-order valence-corrected chi connectivity index (χ4v) is 3.89. The van der Waals surface area contributed by atoms with E-state index in [2.05, 4.69) is 31.9 Å². The summed E-state index contributed by atoms with van der Waals surface area (Å²) in [5.74, 6) is -2.82. The Morgan fingerprint density at radius 1 is 1.03 bits per heavy atom. The van der Waals surface area contributed by atoms with Crippen molar-refractivity contribution >= 4 is 62.6 Å². The second-order valence-electron chi connectivity index (χ2n) is 8.83. The van der Waals surface area contributed by atoms with Crippen molar-refractivity contribution in [2.24, 2.45) is 5.92 Å². The van der Waals surface area contributed by atoms with Gasteiger partial charge < -0.3 is 29.8 Å². The van der Waals surface area contributed by atoms with Gasteiger partial charge in [0.2, 0.25) is 17.7 Å². The average molecular weight is 608 g/mol. The van der Waals surface area contributed by atoms with Crippen molar-refractivity contribution in [1.82, 2.24) is 16.0 Å². The molecule has 0 aliphatic heterocycles. The number of amides is 3. The molecule has 0 spiro atoms. The van der Waals surface area contributed by atoms with Crippen molar-refractivity contribution in [1.29, 1.82) is 0 Å². The predicted molar refractivity (Wildman–Crippen MR) is 147 cm³/mol. The quantitative estimate of drug-likeness (QED) is 0.219. The highest BCUT2D eigenvalue weighted by atomic mass is 79.9. The molecule has 0 bridgehead atoms. The lowest BCUT2D eigenvalue weighted by molar-refractivity contribution is -0.149. The largest absolute Gasteiger partial charge is 0.466 e. The lowest BCUT2D eigenvalue weighted by Gasteiger charge is -2.24. The van der Waals surface area contributed by atoms with Gasteiger partial charge in [-0.2, -0.15) is 0 Å². The van der Waals surface area contributed by atoms with Crippen LogP contribution in [0.3, 0.4) is 0 Å². The number of nitrogens with one attached hydrogen (secondary N) is 3. The number of fused-ring (bicyclic) bond motifs is 1. The molecule has 3 N–H and O–H groups in total. The van der Waals surface area contributed by atoms with Crippen molar-refractivity contribution in [2.75, 3.05) is 19.8 Å². The molecular formula is C27H34BrN3O8. The maximum absolute atomic E-state index is 12.9. The average Bonchev–Trinajstić information content (AvgIpc) is 3.29. The summed E-state index contributed by atoms with van der Waals surface area (Å²) in [6.07, 6.45) is 2.60. The van der Waals surface area contributed by atoms with E-state index < -0.39 is 41.7 Å². The number of ether oxygens (including phenoxy) is 2. The normalized spacial score (nSPS) is 12.7. The van der Waals surface area contributed by atoms with E-state index >= 15 is 0 Å². The van der Waals surface area contributed by atoms with Crippen molar-refractivity contribution < 1.29 is 37.9 Å². The highest BCUT2D eigenvalue weighted by molar-refractivity contribution is 9.10. The van der Waals surface area contributed by atoms with E-state index in [1.54, 1.807) is 39.8 Å². The lowest BCUT2D eigenvalue weighted by atomic mass is 10.0. The molecule has 0 unspecified atom stereocenters. The first-order chi connectivity index (χ1) is 18.5. The Kier molecular flexibility index (Phi) is 12.7. The van der Waals surface area contributed by atoms with Gasteiger partial charge in [-0.3, -0.25) is 19.2 Å². The summed E-state index contributed by atoms with van der Waals surface area (Å²) in [5.41, 5.74) is 0.668. The van der Waals surface area contributed by atoms with E-state index in [1.165, 1.54) is 12.2 Å². The molecule has 2 aromatic rings. The Bertz CT molecular complexity index is 1210. The summed E-state index contributed by atoms with van der Waals surface area (Å²) >= 11 is 3.39. The predicted octanol–water partition coefficient (Wildman–Crippen LogP) is 2.86. The van der Waals surface area contributed by atoms with Crippen LogP contribution in [0.4, 0.5) is 0 Å². The molecule has 1 heterocycles. The van der Waals surface area contributed by atoms with Crippen LogP contribution in [0, 0.1) is 5.92 Å². The number of hydrogen-bond donors (Lipinski definition) is 3. The molecule has 12 heteroatoms. The van der Waals surface area contributed by atoms with Gasteiger partial charge in [-0.15, -0.1) is 0 Å². The summed E-state index contributed by atoms with van der Waals surface area (Å²) in [6.45, 7) is 6.64. The molecule has 11 nitrogen and oxygen atoms in total. The minimum Gasteiger partial charge on any atom is -0.466 e. The maximum Gasteiger partial charge on any atom is 0.328 e. The van der Waals surface area contributed by atoms with Crippen LogP contribution in [-0.2, 0) is 33.4 Å². The van der Waals surface area contributed by atoms with Gasteiger partial charge in [-0.05, 0) is 56.5 Å². The summed E-state index contributed by atoms with van der Waals surface area (Å²) in [4.78, 5) is 61.7. The molecule has 1 aromatic heterocycles. The first-order valence-electron chi connectivity index (χ1n) is 12.6. The zero-order valence-electron chi connectivity index (χ0n) is 22.4. The van der Waals surface area contributed by atoms with Crippen LogP contribution in [0.5, 0.6) is 0 Å². The summed E-state index contributed by atoms with van der Waals surface area (Å²) < 4.78 is 16.4. The van der Waals surface area contributed by atoms with Crippen molar-refractivity contribution in [3.8, 4) is 0 Å². The van der Waals surface area contributed by atoms with E-state index in [1.807, 2.05) is 12.1 Å². The number of rotatable bonds is 14. The standard InChI is InChI=1S/C27H34BrN3O8/c1-5-37-24(34)12-9-20(27(36)38-6-2)30-26(35)25(16(3)4)31-23(33)15-29-22(32)11-8-19-14-17-13-18(28)7-10-21(17)39-19/h7-8,10-11,13-14,16,20,25H,5-6,9,12,15H2,1-4H3,(H,29,32)(H,30,35)(H,31,33)/b11-8+/t20-,25+/m1/s1. The van der Waals surface area contributed by atoms with E-state index in [4.69, 9.17) is 13.9 Å². The molecule has 0 fully saturated rings. The van der Waals surface area contributed by atoms with Gasteiger partial charge in [0.15, 0.2) is 0 Å². The maximum atomic E-state index is 12.9. The zero-order valence-corrected chi connectivity index (χ0v) is 24.0. The van der Waals surface area contributed by atoms with Crippen molar-refractivity contribution in [2.45, 2.75) is 52.6 Å². The van der Waals surface area contributed by atoms with Gasteiger partial charge in [0, 0.05) is 22.4 Å². The molecule has 39 heavy (non-hydrogen) atoms.